The van der Waals surface area contributed by atoms with Gasteiger partial charge in [-0.3, -0.25) is 15.1 Å². The first-order chi connectivity index (χ1) is 9.70. The second-order valence-electron chi connectivity index (χ2n) is 4.15. The highest BCUT2D eigenvalue weighted by Crippen LogP contribution is 2.28. The van der Waals surface area contributed by atoms with Crippen molar-refractivity contribution in [2.75, 3.05) is 7.05 Å². The minimum Gasteiger partial charge on any atom is -0.482 e. The number of rotatable bonds is 5. The molecule has 0 amide bonds. The molecule has 0 saturated carbocycles. The Labute approximate surface area is 116 Å². The van der Waals surface area contributed by atoms with Gasteiger partial charge in [0.15, 0.2) is 5.75 Å². The number of hydrogen-bond donors (Lipinski definition) is 0. The number of nitro groups is 1. The molecule has 0 N–H and O–H groups in total. The lowest BCUT2D eigenvalue weighted by Crippen LogP contribution is -2.00. The molecule has 0 aromatic heterocycles. The van der Waals surface area contributed by atoms with E-state index in [-0.39, 0.29) is 18.0 Å². The van der Waals surface area contributed by atoms with Crippen molar-refractivity contribution in [3.05, 3.63) is 69.8 Å². The average molecular weight is 270 g/mol. The molecule has 0 aliphatic heterocycles. The number of benzene rings is 2. The fraction of sp³-hybridized carbons (Fsp3) is 0.133. The van der Waals surface area contributed by atoms with Crippen molar-refractivity contribution in [1.29, 1.82) is 0 Å². The molecule has 0 aliphatic rings. The number of ether oxygens (including phenoxy) is 1. The van der Waals surface area contributed by atoms with Crippen LogP contribution in [0.1, 0.15) is 11.1 Å². The minimum absolute atomic E-state index is 0.0471. The fourth-order valence-electron chi connectivity index (χ4n) is 1.76. The van der Waals surface area contributed by atoms with E-state index in [2.05, 4.69) is 4.99 Å². The number of hydrogen-bond acceptors (Lipinski definition) is 4. The molecule has 2 aromatic rings. The topological polar surface area (TPSA) is 64.7 Å². The Balaban J connectivity index is 2.23. The van der Waals surface area contributed by atoms with Gasteiger partial charge < -0.3 is 4.74 Å². The van der Waals surface area contributed by atoms with Crippen LogP contribution in [-0.2, 0) is 6.61 Å². The summed E-state index contributed by atoms with van der Waals surface area (Å²) >= 11 is 0. The van der Waals surface area contributed by atoms with Gasteiger partial charge in [0.1, 0.15) is 6.61 Å². The SMILES string of the molecule is C/N=C/c1ccc([N+](=O)[O-])c(OCc2ccccc2)c1. The summed E-state index contributed by atoms with van der Waals surface area (Å²) in [6.07, 6.45) is 1.62. The third-order valence-electron chi connectivity index (χ3n) is 2.70. The van der Waals surface area contributed by atoms with E-state index in [1.54, 1.807) is 25.4 Å². The predicted molar refractivity (Wildman–Crippen MR) is 77.4 cm³/mol. The molecule has 0 bridgehead atoms. The van der Waals surface area contributed by atoms with Crippen LogP contribution in [0.25, 0.3) is 0 Å². The van der Waals surface area contributed by atoms with Crippen LogP contribution < -0.4 is 4.74 Å². The number of aliphatic imine (C=N–C) groups is 1. The zero-order valence-corrected chi connectivity index (χ0v) is 11.0. The van der Waals surface area contributed by atoms with Crippen LogP contribution in [0.2, 0.25) is 0 Å². The molecular formula is C15H14N2O3. The highest BCUT2D eigenvalue weighted by Gasteiger charge is 2.15. The summed E-state index contributed by atoms with van der Waals surface area (Å²) in [5.74, 6) is 0.247. The molecule has 5 nitrogen and oxygen atoms in total. The maximum Gasteiger partial charge on any atom is 0.310 e. The number of nitrogens with zero attached hydrogens (tertiary/aromatic N) is 2. The van der Waals surface area contributed by atoms with E-state index in [0.717, 1.165) is 11.1 Å². The first-order valence-corrected chi connectivity index (χ1v) is 6.08. The van der Waals surface area contributed by atoms with Gasteiger partial charge in [0.25, 0.3) is 0 Å². The Morgan fingerprint density at radius 2 is 2.00 bits per heavy atom. The minimum atomic E-state index is -0.451. The predicted octanol–water partition coefficient (Wildman–Crippen LogP) is 3.22. The molecule has 2 rings (SSSR count). The molecule has 2 aromatic carbocycles. The third-order valence-corrected chi connectivity index (χ3v) is 2.70. The molecule has 0 atom stereocenters. The summed E-state index contributed by atoms with van der Waals surface area (Å²) in [4.78, 5) is 14.4. The van der Waals surface area contributed by atoms with Crippen molar-refractivity contribution >= 4 is 11.9 Å². The first-order valence-electron chi connectivity index (χ1n) is 6.08. The summed E-state index contributed by atoms with van der Waals surface area (Å²) in [5, 5.41) is 11.0. The average Bonchev–Trinajstić information content (AvgIpc) is 2.46. The zero-order chi connectivity index (χ0) is 14.4. The van der Waals surface area contributed by atoms with Gasteiger partial charge in [0.2, 0.25) is 0 Å². The molecule has 0 fully saturated rings. The maximum absolute atomic E-state index is 11.0. The molecule has 0 radical (unpaired) electrons. The summed E-state index contributed by atoms with van der Waals surface area (Å²) in [6.45, 7) is 0.286. The van der Waals surface area contributed by atoms with E-state index >= 15 is 0 Å². The second kappa shape index (κ2) is 6.47. The van der Waals surface area contributed by atoms with Gasteiger partial charge >= 0.3 is 5.69 Å². The second-order valence-corrected chi connectivity index (χ2v) is 4.15. The van der Waals surface area contributed by atoms with Crippen LogP contribution in [0.4, 0.5) is 5.69 Å². The van der Waals surface area contributed by atoms with Crippen molar-refractivity contribution in [2.24, 2.45) is 4.99 Å². The summed E-state index contributed by atoms with van der Waals surface area (Å²) in [7, 11) is 1.64. The quantitative estimate of drug-likeness (QED) is 0.476. The normalized spacial score (nSPS) is 10.7. The van der Waals surface area contributed by atoms with E-state index in [0.29, 0.717) is 0 Å². The van der Waals surface area contributed by atoms with Crippen LogP contribution in [-0.4, -0.2) is 18.2 Å². The van der Waals surface area contributed by atoms with Gasteiger partial charge in [0.05, 0.1) is 4.92 Å². The van der Waals surface area contributed by atoms with Gasteiger partial charge in [-0.2, -0.15) is 0 Å². The summed E-state index contributed by atoms with van der Waals surface area (Å²) < 4.78 is 5.57. The van der Waals surface area contributed by atoms with Crippen molar-refractivity contribution in [2.45, 2.75) is 6.61 Å². The van der Waals surface area contributed by atoms with E-state index < -0.39 is 4.92 Å². The van der Waals surface area contributed by atoms with Crippen molar-refractivity contribution in [3.8, 4) is 5.75 Å². The van der Waals surface area contributed by atoms with E-state index in [1.807, 2.05) is 30.3 Å². The molecule has 0 aliphatic carbocycles. The van der Waals surface area contributed by atoms with Crippen LogP contribution in [0.15, 0.2) is 53.5 Å². The number of nitro benzene ring substituents is 1. The van der Waals surface area contributed by atoms with Gasteiger partial charge in [-0.25, -0.2) is 0 Å². The molecule has 0 heterocycles. The lowest BCUT2D eigenvalue weighted by molar-refractivity contribution is -0.385. The highest BCUT2D eigenvalue weighted by atomic mass is 16.6. The first kappa shape index (κ1) is 13.7. The van der Waals surface area contributed by atoms with Gasteiger partial charge in [-0.05, 0) is 23.3 Å². The Bertz CT molecular complexity index is 624. The molecule has 20 heavy (non-hydrogen) atoms. The summed E-state index contributed by atoms with van der Waals surface area (Å²) in [6, 6.07) is 14.2. The van der Waals surface area contributed by atoms with Crippen LogP contribution in [0.5, 0.6) is 5.75 Å². The van der Waals surface area contributed by atoms with Gasteiger partial charge in [-0.1, -0.05) is 30.3 Å². The van der Waals surface area contributed by atoms with Crippen molar-refractivity contribution in [1.82, 2.24) is 0 Å². The van der Waals surface area contributed by atoms with Crippen LogP contribution in [0.3, 0.4) is 0 Å². The Kier molecular flexibility index (Phi) is 4.44. The van der Waals surface area contributed by atoms with Crippen molar-refractivity contribution in [3.63, 3.8) is 0 Å². The van der Waals surface area contributed by atoms with Gasteiger partial charge in [-0.15, -0.1) is 0 Å². The third kappa shape index (κ3) is 3.41. The Morgan fingerprint density at radius 3 is 2.65 bits per heavy atom. The molecule has 0 saturated heterocycles. The van der Waals surface area contributed by atoms with Crippen LogP contribution >= 0.6 is 0 Å². The van der Waals surface area contributed by atoms with E-state index in [4.69, 9.17) is 4.74 Å². The smallest absolute Gasteiger partial charge is 0.310 e. The lowest BCUT2D eigenvalue weighted by atomic mass is 10.2. The summed E-state index contributed by atoms with van der Waals surface area (Å²) in [5.41, 5.74) is 1.67. The fourth-order valence-corrected chi connectivity index (χ4v) is 1.76. The standard InChI is InChI=1S/C15H14N2O3/c1-16-10-13-7-8-14(17(18)19)15(9-13)20-11-12-5-3-2-4-6-12/h2-10H,11H2,1H3/b16-10+. The maximum atomic E-state index is 11.0. The van der Waals surface area contributed by atoms with Crippen molar-refractivity contribution < 1.29 is 9.66 Å². The Morgan fingerprint density at radius 1 is 1.25 bits per heavy atom. The van der Waals surface area contributed by atoms with E-state index in [1.165, 1.54) is 6.07 Å². The molecule has 0 spiro atoms. The largest absolute Gasteiger partial charge is 0.482 e. The lowest BCUT2D eigenvalue weighted by Gasteiger charge is -2.07. The zero-order valence-electron chi connectivity index (χ0n) is 11.0. The Hall–Kier alpha value is -2.69. The molecule has 102 valence electrons. The van der Waals surface area contributed by atoms with Crippen LogP contribution in [0, 0.1) is 10.1 Å². The molecule has 0 unspecified atom stereocenters. The molecule has 5 heteroatoms. The van der Waals surface area contributed by atoms with Gasteiger partial charge in [0, 0.05) is 19.3 Å². The highest BCUT2D eigenvalue weighted by molar-refractivity contribution is 5.81. The molecular weight excluding hydrogens is 256 g/mol. The monoisotopic (exact) mass is 270 g/mol. The van der Waals surface area contributed by atoms with E-state index in [9.17, 15) is 10.1 Å².